The van der Waals surface area contributed by atoms with Gasteiger partial charge in [-0.3, -0.25) is 0 Å². The Labute approximate surface area is 124 Å². The average molecular weight is 306 g/mol. The molecule has 0 amide bonds. The van der Waals surface area contributed by atoms with E-state index in [0.717, 1.165) is 5.69 Å². The summed E-state index contributed by atoms with van der Waals surface area (Å²) >= 11 is 11.9. The van der Waals surface area contributed by atoms with Crippen LogP contribution in [-0.2, 0) is 0 Å². The van der Waals surface area contributed by atoms with Gasteiger partial charge in [-0.15, -0.1) is 5.10 Å². The third-order valence-corrected chi connectivity index (χ3v) is 3.28. The van der Waals surface area contributed by atoms with E-state index in [-0.39, 0.29) is 0 Å². The van der Waals surface area contributed by atoms with Crippen molar-refractivity contribution in [2.45, 2.75) is 0 Å². The second kappa shape index (κ2) is 5.11. The van der Waals surface area contributed by atoms with E-state index in [1.54, 1.807) is 35.0 Å². The summed E-state index contributed by atoms with van der Waals surface area (Å²) in [4.78, 5) is 0. The van der Waals surface area contributed by atoms with Crippen LogP contribution in [0.5, 0.6) is 0 Å². The van der Waals surface area contributed by atoms with Gasteiger partial charge in [-0.2, -0.15) is 4.68 Å². The van der Waals surface area contributed by atoms with Crippen molar-refractivity contribution in [1.82, 2.24) is 20.2 Å². The minimum absolute atomic E-state index is 0.521. The standard InChI is InChI=1S/C13H9Cl2N5/c14-8-1-4-10(5-2-8)20-13(17-18-19-20)11-7-9(15)3-6-12(11)16/h1-7H,16H2. The van der Waals surface area contributed by atoms with E-state index in [4.69, 9.17) is 28.9 Å². The monoisotopic (exact) mass is 305 g/mol. The van der Waals surface area contributed by atoms with Crippen molar-refractivity contribution >= 4 is 28.9 Å². The molecule has 0 aliphatic carbocycles. The molecule has 2 aromatic carbocycles. The zero-order valence-electron chi connectivity index (χ0n) is 10.2. The maximum Gasteiger partial charge on any atom is 0.189 e. The maximum atomic E-state index is 6.00. The van der Waals surface area contributed by atoms with Gasteiger partial charge in [0.1, 0.15) is 0 Å². The van der Waals surface area contributed by atoms with Crippen LogP contribution >= 0.6 is 23.2 Å². The van der Waals surface area contributed by atoms with E-state index in [9.17, 15) is 0 Å². The number of tetrazole rings is 1. The molecule has 3 aromatic rings. The number of nitrogen functional groups attached to an aromatic ring is 1. The molecule has 1 aromatic heterocycles. The summed E-state index contributed by atoms with van der Waals surface area (Å²) in [5, 5.41) is 12.9. The maximum absolute atomic E-state index is 6.00. The molecule has 0 aliphatic heterocycles. The quantitative estimate of drug-likeness (QED) is 0.738. The molecule has 20 heavy (non-hydrogen) atoms. The molecule has 2 N–H and O–H groups in total. The van der Waals surface area contributed by atoms with Gasteiger partial charge < -0.3 is 5.73 Å². The third kappa shape index (κ3) is 2.33. The van der Waals surface area contributed by atoms with Crippen LogP contribution in [0, 0.1) is 0 Å². The molecule has 3 rings (SSSR count). The van der Waals surface area contributed by atoms with Crippen LogP contribution in [0.1, 0.15) is 0 Å². The summed E-state index contributed by atoms with van der Waals surface area (Å²) in [5.41, 5.74) is 7.98. The normalized spacial score (nSPS) is 10.7. The van der Waals surface area contributed by atoms with Crippen LogP contribution in [-0.4, -0.2) is 20.2 Å². The molecular formula is C13H9Cl2N5. The number of nitrogens with zero attached hydrogens (tertiary/aromatic N) is 4. The second-order valence-corrected chi connectivity index (χ2v) is 5.00. The Morgan fingerprint density at radius 1 is 0.950 bits per heavy atom. The number of nitrogens with two attached hydrogens (primary N) is 1. The summed E-state index contributed by atoms with van der Waals surface area (Å²) in [7, 11) is 0. The predicted octanol–water partition coefficient (Wildman–Crippen LogP) is 3.22. The Kier molecular flexibility index (Phi) is 3.30. The highest BCUT2D eigenvalue weighted by atomic mass is 35.5. The number of rotatable bonds is 2. The molecule has 0 fully saturated rings. The van der Waals surface area contributed by atoms with Gasteiger partial charge in [0, 0.05) is 21.3 Å². The highest BCUT2D eigenvalue weighted by Gasteiger charge is 2.13. The summed E-state index contributed by atoms with van der Waals surface area (Å²) in [6.07, 6.45) is 0. The van der Waals surface area contributed by atoms with Crippen molar-refractivity contribution in [2.24, 2.45) is 0 Å². The third-order valence-electron chi connectivity index (χ3n) is 2.80. The first-order valence-corrected chi connectivity index (χ1v) is 6.50. The lowest BCUT2D eigenvalue weighted by Gasteiger charge is -2.07. The van der Waals surface area contributed by atoms with E-state index >= 15 is 0 Å². The average Bonchev–Trinajstić information content (AvgIpc) is 2.91. The van der Waals surface area contributed by atoms with Gasteiger partial charge in [-0.05, 0) is 52.9 Å². The second-order valence-electron chi connectivity index (χ2n) is 4.12. The summed E-state index contributed by atoms with van der Waals surface area (Å²) in [6.45, 7) is 0. The van der Waals surface area contributed by atoms with Gasteiger partial charge in [0.2, 0.25) is 0 Å². The molecule has 0 radical (unpaired) electrons. The number of benzene rings is 2. The van der Waals surface area contributed by atoms with Crippen molar-refractivity contribution in [3.63, 3.8) is 0 Å². The number of halogens is 2. The Hall–Kier alpha value is -2.11. The number of aromatic nitrogens is 4. The zero-order valence-corrected chi connectivity index (χ0v) is 11.7. The molecular weight excluding hydrogens is 297 g/mol. The highest BCUT2D eigenvalue weighted by molar-refractivity contribution is 6.31. The molecule has 0 spiro atoms. The number of hydrogen-bond donors (Lipinski definition) is 1. The van der Waals surface area contributed by atoms with Crippen LogP contribution in [0.2, 0.25) is 10.0 Å². The number of hydrogen-bond acceptors (Lipinski definition) is 4. The Morgan fingerprint density at radius 2 is 1.65 bits per heavy atom. The first-order chi connectivity index (χ1) is 9.65. The number of anilines is 1. The fourth-order valence-corrected chi connectivity index (χ4v) is 2.13. The molecule has 0 aliphatic rings. The Morgan fingerprint density at radius 3 is 2.40 bits per heavy atom. The summed E-state index contributed by atoms with van der Waals surface area (Å²) in [6, 6.07) is 12.4. The topological polar surface area (TPSA) is 69.6 Å². The lowest BCUT2D eigenvalue weighted by atomic mass is 10.1. The minimum atomic E-state index is 0.521. The van der Waals surface area contributed by atoms with Crippen LogP contribution in [0.4, 0.5) is 5.69 Å². The smallest absolute Gasteiger partial charge is 0.189 e. The first-order valence-electron chi connectivity index (χ1n) is 5.75. The van der Waals surface area contributed by atoms with Gasteiger partial charge >= 0.3 is 0 Å². The van der Waals surface area contributed by atoms with Gasteiger partial charge in [0.05, 0.1) is 5.69 Å². The Balaban J connectivity index is 2.15. The molecule has 0 saturated heterocycles. The van der Waals surface area contributed by atoms with Gasteiger partial charge in [-0.25, -0.2) is 0 Å². The molecule has 1 heterocycles. The van der Waals surface area contributed by atoms with Crippen molar-refractivity contribution in [3.05, 3.63) is 52.5 Å². The predicted molar refractivity (Wildman–Crippen MR) is 79.0 cm³/mol. The molecule has 5 nitrogen and oxygen atoms in total. The van der Waals surface area contributed by atoms with E-state index < -0.39 is 0 Å². The molecule has 0 atom stereocenters. The van der Waals surface area contributed by atoms with Crippen molar-refractivity contribution in [2.75, 3.05) is 5.73 Å². The highest BCUT2D eigenvalue weighted by Crippen LogP contribution is 2.28. The van der Waals surface area contributed by atoms with Gasteiger partial charge in [0.25, 0.3) is 0 Å². The summed E-state index contributed by atoms with van der Waals surface area (Å²) in [5.74, 6) is 0.521. The van der Waals surface area contributed by atoms with E-state index in [1.165, 1.54) is 0 Å². The molecule has 100 valence electrons. The lowest BCUT2D eigenvalue weighted by Crippen LogP contribution is -2.01. The van der Waals surface area contributed by atoms with Crippen molar-refractivity contribution < 1.29 is 0 Å². The SMILES string of the molecule is Nc1ccc(Cl)cc1-c1nnnn1-c1ccc(Cl)cc1. The van der Waals surface area contributed by atoms with E-state index in [0.29, 0.717) is 27.1 Å². The van der Waals surface area contributed by atoms with Crippen molar-refractivity contribution in [1.29, 1.82) is 0 Å². The molecule has 0 unspecified atom stereocenters. The Bertz CT molecular complexity index is 752. The molecule has 0 saturated carbocycles. The molecule has 7 heteroatoms. The minimum Gasteiger partial charge on any atom is -0.398 e. The van der Waals surface area contributed by atoms with Gasteiger partial charge in [0.15, 0.2) is 5.82 Å². The van der Waals surface area contributed by atoms with E-state index in [1.807, 2.05) is 12.1 Å². The van der Waals surface area contributed by atoms with E-state index in [2.05, 4.69) is 15.5 Å². The van der Waals surface area contributed by atoms with Crippen LogP contribution in [0.3, 0.4) is 0 Å². The first kappa shape index (κ1) is 12.9. The lowest BCUT2D eigenvalue weighted by molar-refractivity contribution is 0.791. The van der Waals surface area contributed by atoms with Crippen LogP contribution in [0.15, 0.2) is 42.5 Å². The summed E-state index contributed by atoms with van der Waals surface area (Å²) < 4.78 is 1.58. The fraction of sp³-hybridized carbons (Fsp3) is 0. The largest absolute Gasteiger partial charge is 0.398 e. The van der Waals surface area contributed by atoms with Crippen LogP contribution < -0.4 is 5.73 Å². The van der Waals surface area contributed by atoms with Crippen molar-refractivity contribution in [3.8, 4) is 17.1 Å². The fourth-order valence-electron chi connectivity index (χ4n) is 1.83. The molecule has 0 bridgehead atoms. The zero-order chi connectivity index (χ0) is 14.1. The van der Waals surface area contributed by atoms with Crippen LogP contribution in [0.25, 0.3) is 17.1 Å². The van der Waals surface area contributed by atoms with Gasteiger partial charge in [-0.1, -0.05) is 23.2 Å².